The molecule has 0 spiro atoms. The lowest BCUT2D eigenvalue weighted by atomic mass is 10.2. The second-order valence-electron chi connectivity index (χ2n) is 4.63. The molecule has 0 aliphatic carbocycles. The maximum atomic E-state index is 11.8. The lowest BCUT2D eigenvalue weighted by Gasteiger charge is -2.19. The number of ether oxygens (including phenoxy) is 1. The molecule has 0 fully saturated rings. The molecule has 6 heteroatoms. The molecular weight excluding hydrogens is 318 g/mol. The summed E-state index contributed by atoms with van der Waals surface area (Å²) in [4.78, 5) is 12.0. The average Bonchev–Trinajstić information content (AvgIpc) is 2.24. The Kier molecular flexibility index (Phi) is 5.49. The van der Waals surface area contributed by atoms with Crippen LogP contribution in [-0.4, -0.2) is 22.3 Å². The molecule has 0 aliphatic heterocycles. The van der Waals surface area contributed by atoms with Gasteiger partial charge in [0.25, 0.3) is 0 Å². The Balaban J connectivity index is 2.47. The molecule has 1 N–H and O–H groups in total. The molecule has 1 unspecified atom stereocenters. The normalized spacial score (nSPS) is 13.1. The van der Waals surface area contributed by atoms with E-state index >= 15 is 0 Å². The third kappa shape index (κ3) is 5.75. The van der Waals surface area contributed by atoms with Gasteiger partial charge in [-0.15, -0.1) is 0 Å². The fraction of sp³-hybridized carbons (Fsp3) is 0.417. The summed E-state index contributed by atoms with van der Waals surface area (Å²) in [5.74, 6) is -0.423. The Morgan fingerprint density at radius 3 is 2.39 bits per heavy atom. The molecule has 100 valence electrons. The monoisotopic (exact) mass is 333 g/mol. The third-order valence-corrected chi connectivity index (χ3v) is 3.43. The van der Waals surface area contributed by atoms with Gasteiger partial charge in [-0.1, -0.05) is 15.9 Å². The molecule has 1 atom stereocenters. The maximum absolute atomic E-state index is 11.8. The standard InChI is InChI=1S/C12H16BrNO3S/c1-12(2,3)17-11(15)8-14-18(16)10-6-4-9(13)5-7-10/h4-7,14H,8H2,1-3H3. The number of nitrogens with one attached hydrogen (secondary N) is 1. The van der Waals surface area contributed by atoms with E-state index in [9.17, 15) is 9.00 Å². The van der Waals surface area contributed by atoms with E-state index in [0.29, 0.717) is 4.90 Å². The van der Waals surface area contributed by atoms with Crippen molar-refractivity contribution in [1.29, 1.82) is 0 Å². The molecule has 4 nitrogen and oxygen atoms in total. The summed E-state index contributed by atoms with van der Waals surface area (Å²) in [5, 5.41) is 0. The molecule has 18 heavy (non-hydrogen) atoms. The quantitative estimate of drug-likeness (QED) is 0.861. The molecule has 0 saturated carbocycles. The minimum Gasteiger partial charge on any atom is -0.459 e. The molecule has 0 heterocycles. The number of esters is 1. The Hall–Kier alpha value is -0.720. The zero-order valence-corrected chi connectivity index (χ0v) is 12.9. The first-order chi connectivity index (χ1) is 8.28. The van der Waals surface area contributed by atoms with Gasteiger partial charge in [0.2, 0.25) is 0 Å². The van der Waals surface area contributed by atoms with Crippen molar-refractivity contribution in [1.82, 2.24) is 4.72 Å². The van der Waals surface area contributed by atoms with Gasteiger partial charge in [-0.3, -0.25) is 4.79 Å². The summed E-state index contributed by atoms with van der Waals surface area (Å²) in [6.07, 6.45) is 0. The molecule has 0 aromatic heterocycles. The highest BCUT2D eigenvalue weighted by Gasteiger charge is 2.16. The van der Waals surface area contributed by atoms with E-state index in [-0.39, 0.29) is 6.54 Å². The van der Waals surface area contributed by atoms with E-state index < -0.39 is 22.6 Å². The van der Waals surface area contributed by atoms with Crippen molar-refractivity contribution in [3.8, 4) is 0 Å². The third-order valence-electron chi connectivity index (χ3n) is 1.80. The first-order valence-electron chi connectivity index (χ1n) is 5.40. The Labute approximate surface area is 118 Å². The number of benzene rings is 1. The fourth-order valence-corrected chi connectivity index (χ4v) is 2.21. The van der Waals surface area contributed by atoms with Gasteiger partial charge in [-0.05, 0) is 45.0 Å². The van der Waals surface area contributed by atoms with Crippen molar-refractivity contribution in [2.45, 2.75) is 31.3 Å². The Morgan fingerprint density at radius 2 is 1.89 bits per heavy atom. The van der Waals surface area contributed by atoms with Crippen LogP contribution in [0.4, 0.5) is 0 Å². The van der Waals surface area contributed by atoms with Crippen LogP contribution >= 0.6 is 15.9 Å². The van der Waals surface area contributed by atoms with Gasteiger partial charge in [-0.25, -0.2) is 8.93 Å². The van der Waals surface area contributed by atoms with Crippen LogP contribution in [0.25, 0.3) is 0 Å². The molecule has 0 aliphatic rings. The topological polar surface area (TPSA) is 55.4 Å². The molecule has 0 radical (unpaired) electrons. The van der Waals surface area contributed by atoms with E-state index in [0.717, 1.165) is 4.47 Å². The highest BCUT2D eigenvalue weighted by atomic mass is 79.9. The van der Waals surface area contributed by atoms with Crippen molar-refractivity contribution in [2.24, 2.45) is 0 Å². The Morgan fingerprint density at radius 1 is 1.33 bits per heavy atom. The van der Waals surface area contributed by atoms with Gasteiger partial charge in [-0.2, -0.15) is 0 Å². The van der Waals surface area contributed by atoms with Crippen LogP contribution in [0.3, 0.4) is 0 Å². The van der Waals surface area contributed by atoms with Gasteiger partial charge in [0, 0.05) is 4.47 Å². The van der Waals surface area contributed by atoms with Crippen LogP contribution in [0, 0.1) is 0 Å². The zero-order chi connectivity index (χ0) is 13.8. The lowest BCUT2D eigenvalue weighted by molar-refractivity contribution is -0.153. The van der Waals surface area contributed by atoms with Crippen LogP contribution in [0.5, 0.6) is 0 Å². The molecule has 0 saturated heterocycles. The van der Waals surface area contributed by atoms with Gasteiger partial charge >= 0.3 is 5.97 Å². The lowest BCUT2D eigenvalue weighted by Crippen LogP contribution is -2.32. The van der Waals surface area contributed by atoms with Crippen LogP contribution in [0.15, 0.2) is 33.6 Å². The molecule has 0 bridgehead atoms. The molecule has 0 amide bonds. The SMILES string of the molecule is CC(C)(C)OC(=O)CNS(=O)c1ccc(Br)cc1. The van der Waals surface area contributed by atoms with E-state index in [4.69, 9.17) is 4.74 Å². The first-order valence-corrected chi connectivity index (χ1v) is 7.35. The van der Waals surface area contributed by atoms with Crippen LogP contribution in [-0.2, 0) is 20.5 Å². The predicted molar refractivity (Wildman–Crippen MR) is 74.4 cm³/mol. The first kappa shape index (κ1) is 15.3. The van der Waals surface area contributed by atoms with Crippen molar-refractivity contribution >= 4 is 32.9 Å². The van der Waals surface area contributed by atoms with Crippen molar-refractivity contribution in [3.63, 3.8) is 0 Å². The number of carbonyl (C=O) groups excluding carboxylic acids is 1. The van der Waals surface area contributed by atoms with E-state index in [1.54, 1.807) is 45.0 Å². The zero-order valence-electron chi connectivity index (χ0n) is 10.5. The minimum absolute atomic E-state index is 0.0834. The van der Waals surface area contributed by atoms with Crippen molar-refractivity contribution in [2.75, 3.05) is 6.54 Å². The summed E-state index contributed by atoms with van der Waals surface area (Å²) in [6.45, 7) is 5.28. The van der Waals surface area contributed by atoms with Crippen molar-refractivity contribution in [3.05, 3.63) is 28.7 Å². The second kappa shape index (κ2) is 6.45. The molecule has 1 aromatic rings. The smallest absolute Gasteiger partial charge is 0.321 e. The molecule has 1 rings (SSSR count). The average molecular weight is 334 g/mol. The largest absolute Gasteiger partial charge is 0.459 e. The minimum atomic E-state index is -1.41. The highest BCUT2D eigenvalue weighted by Crippen LogP contribution is 2.12. The second-order valence-corrected chi connectivity index (χ2v) is 6.84. The summed E-state index contributed by atoms with van der Waals surface area (Å²) >= 11 is 3.30. The Bertz CT molecular complexity index is 440. The number of hydrogen-bond donors (Lipinski definition) is 1. The van der Waals surface area contributed by atoms with E-state index in [1.807, 2.05) is 0 Å². The maximum Gasteiger partial charge on any atom is 0.321 e. The van der Waals surface area contributed by atoms with Gasteiger partial charge in [0.05, 0.1) is 4.90 Å². The molecule has 1 aromatic carbocycles. The summed E-state index contributed by atoms with van der Waals surface area (Å²) in [7, 11) is -1.41. The van der Waals surface area contributed by atoms with E-state index in [1.165, 1.54) is 0 Å². The number of rotatable bonds is 4. The summed E-state index contributed by atoms with van der Waals surface area (Å²) in [6, 6.07) is 7.04. The summed E-state index contributed by atoms with van der Waals surface area (Å²) < 4.78 is 20.4. The van der Waals surface area contributed by atoms with Gasteiger partial charge < -0.3 is 4.74 Å². The fourth-order valence-electron chi connectivity index (χ4n) is 1.14. The number of hydrogen-bond acceptors (Lipinski definition) is 3. The summed E-state index contributed by atoms with van der Waals surface area (Å²) in [5.41, 5.74) is -0.530. The van der Waals surface area contributed by atoms with Gasteiger partial charge in [0.15, 0.2) is 0 Å². The van der Waals surface area contributed by atoms with E-state index in [2.05, 4.69) is 20.7 Å². The van der Waals surface area contributed by atoms with Crippen molar-refractivity contribution < 1.29 is 13.7 Å². The highest BCUT2D eigenvalue weighted by molar-refractivity contribution is 9.10. The van der Waals surface area contributed by atoms with Crippen LogP contribution < -0.4 is 4.72 Å². The van der Waals surface area contributed by atoms with Gasteiger partial charge in [0.1, 0.15) is 23.1 Å². The molecular formula is C12H16BrNO3S. The van der Waals surface area contributed by atoms with Crippen LogP contribution in [0.2, 0.25) is 0 Å². The predicted octanol–water partition coefficient (Wildman–Crippen LogP) is 2.40. The number of halogens is 1. The number of carbonyl (C=O) groups is 1. The van der Waals surface area contributed by atoms with Crippen LogP contribution in [0.1, 0.15) is 20.8 Å².